The highest BCUT2D eigenvalue weighted by molar-refractivity contribution is 9.10. The van der Waals surface area contributed by atoms with Crippen LogP contribution in [0.5, 0.6) is 0 Å². The van der Waals surface area contributed by atoms with Crippen molar-refractivity contribution in [1.29, 1.82) is 0 Å². The van der Waals surface area contributed by atoms with Crippen LogP contribution in [0.3, 0.4) is 0 Å². The van der Waals surface area contributed by atoms with Gasteiger partial charge in [-0.05, 0) is 41.9 Å². The number of halogens is 1. The van der Waals surface area contributed by atoms with E-state index in [2.05, 4.69) is 26.0 Å². The first-order chi connectivity index (χ1) is 8.16. The van der Waals surface area contributed by atoms with E-state index in [1.54, 1.807) is 6.07 Å². The van der Waals surface area contributed by atoms with E-state index >= 15 is 0 Å². The molecule has 0 amide bonds. The molecular formula is C12H17BrN2O2. The largest absolute Gasteiger partial charge is 0.352 e. The second-order valence-electron chi connectivity index (χ2n) is 4.64. The third-order valence-corrected chi connectivity index (χ3v) is 3.53. The van der Waals surface area contributed by atoms with Crippen molar-refractivity contribution in [1.82, 2.24) is 10.1 Å². The molecule has 0 radical (unpaired) electrons. The topological polar surface area (TPSA) is 46.3 Å². The van der Waals surface area contributed by atoms with E-state index < -0.39 is 0 Å². The minimum absolute atomic E-state index is 0.0343. The van der Waals surface area contributed by atoms with Crippen LogP contribution < -0.4 is 0 Å². The minimum Gasteiger partial charge on any atom is -0.352 e. The van der Waals surface area contributed by atoms with Gasteiger partial charge < -0.3 is 9.42 Å². The number of rotatable bonds is 4. The van der Waals surface area contributed by atoms with Gasteiger partial charge in [0.25, 0.3) is 0 Å². The molecule has 1 saturated heterocycles. The molecule has 1 aliphatic rings. The Labute approximate surface area is 109 Å². The summed E-state index contributed by atoms with van der Waals surface area (Å²) in [6.45, 7) is 4.99. The number of piperidine rings is 1. The van der Waals surface area contributed by atoms with Crippen LogP contribution in [0.4, 0.5) is 0 Å². The highest BCUT2D eigenvalue weighted by Gasteiger charge is 2.22. The standard InChI is InChI=1S/C12H17BrN2O2/c1-9(8-15-5-3-2-4-6-15)12(16)10-7-11(13)14-17-10/h7,9H,2-6,8H2,1H3. The lowest BCUT2D eigenvalue weighted by atomic mass is 10.0. The summed E-state index contributed by atoms with van der Waals surface area (Å²) in [4.78, 5) is 14.4. The first kappa shape index (κ1) is 12.8. The Bertz CT molecular complexity index is 386. The Morgan fingerprint density at radius 2 is 2.24 bits per heavy atom. The second-order valence-corrected chi connectivity index (χ2v) is 5.45. The zero-order valence-corrected chi connectivity index (χ0v) is 11.6. The molecule has 0 bridgehead atoms. The number of ketones is 1. The van der Waals surface area contributed by atoms with Crippen molar-refractivity contribution in [3.63, 3.8) is 0 Å². The summed E-state index contributed by atoms with van der Waals surface area (Å²) in [7, 11) is 0. The first-order valence-corrected chi connectivity index (χ1v) is 6.85. The molecule has 4 nitrogen and oxygen atoms in total. The average molecular weight is 301 g/mol. The van der Waals surface area contributed by atoms with E-state index in [-0.39, 0.29) is 11.7 Å². The van der Waals surface area contributed by atoms with E-state index in [9.17, 15) is 4.79 Å². The predicted octanol–water partition coefficient (Wildman–Crippen LogP) is 2.74. The maximum Gasteiger partial charge on any atom is 0.204 e. The molecule has 5 heteroatoms. The molecular weight excluding hydrogens is 284 g/mol. The Balaban J connectivity index is 1.90. The number of nitrogens with zero attached hydrogens (tertiary/aromatic N) is 2. The molecule has 1 fully saturated rings. The second kappa shape index (κ2) is 5.78. The van der Waals surface area contributed by atoms with Crippen LogP contribution >= 0.6 is 15.9 Å². The Morgan fingerprint density at radius 3 is 2.82 bits per heavy atom. The first-order valence-electron chi connectivity index (χ1n) is 6.05. The summed E-state index contributed by atoms with van der Waals surface area (Å²) in [6.07, 6.45) is 3.80. The van der Waals surface area contributed by atoms with Crippen molar-refractivity contribution in [3.8, 4) is 0 Å². The Hall–Kier alpha value is -0.680. The SMILES string of the molecule is CC(CN1CCCCC1)C(=O)c1cc(Br)no1. The van der Waals surface area contributed by atoms with Gasteiger partial charge in [0.05, 0.1) is 0 Å². The molecule has 17 heavy (non-hydrogen) atoms. The van der Waals surface area contributed by atoms with E-state index in [1.165, 1.54) is 19.3 Å². The third kappa shape index (κ3) is 3.39. The zero-order chi connectivity index (χ0) is 12.3. The van der Waals surface area contributed by atoms with Crippen LogP contribution in [0, 0.1) is 5.92 Å². The molecule has 1 aliphatic heterocycles. The van der Waals surface area contributed by atoms with Gasteiger partial charge >= 0.3 is 0 Å². The third-order valence-electron chi connectivity index (χ3n) is 3.15. The van der Waals surface area contributed by atoms with Crippen molar-refractivity contribution >= 4 is 21.7 Å². The summed E-state index contributed by atoms with van der Waals surface area (Å²) >= 11 is 3.18. The van der Waals surface area contributed by atoms with Crippen molar-refractivity contribution in [2.45, 2.75) is 26.2 Å². The monoisotopic (exact) mass is 300 g/mol. The highest BCUT2D eigenvalue weighted by atomic mass is 79.9. The maximum atomic E-state index is 12.1. The zero-order valence-electron chi connectivity index (χ0n) is 9.99. The Morgan fingerprint density at radius 1 is 1.53 bits per heavy atom. The van der Waals surface area contributed by atoms with E-state index in [0.717, 1.165) is 19.6 Å². The van der Waals surface area contributed by atoms with Crippen LogP contribution in [-0.4, -0.2) is 35.5 Å². The van der Waals surface area contributed by atoms with E-state index in [0.29, 0.717) is 10.4 Å². The van der Waals surface area contributed by atoms with Gasteiger partial charge in [-0.25, -0.2) is 0 Å². The fourth-order valence-electron chi connectivity index (χ4n) is 2.22. The van der Waals surface area contributed by atoms with Crippen molar-refractivity contribution < 1.29 is 9.32 Å². The molecule has 0 spiro atoms. The number of carbonyl (C=O) groups is 1. The maximum absolute atomic E-state index is 12.1. The smallest absolute Gasteiger partial charge is 0.204 e. The van der Waals surface area contributed by atoms with Gasteiger partial charge in [-0.2, -0.15) is 0 Å². The lowest BCUT2D eigenvalue weighted by molar-refractivity contribution is 0.0846. The van der Waals surface area contributed by atoms with Gasteiger partial charge in [0, 0.05) is 18.5 Å². The fraction of sp³-hybridized carbons (Fsp3) is 0.667. The number of aromatic nitrogens is 1. The van der Waals surface area contributed by atoms with Crippen molar-refractivity contribution in [2.24, 2.45) is 5.92 Å². The van der Waals surface area contributed by atoms with Crippen LogP contribution in [0.1, 0.15) is 36.7 Å². The van der Waals surface area contributed by atoms with Crippen molar-refractivity contribution in [2.75, 3.05) is 19.6 Å². The van der Waals surface area contributed by atoms with Gasteiger partial charge in [-0.1, -0.05) is 18.5 Å². The summed E-state index contributed by atoms with van der Waals surface area (Å²) < 4.78 is 5.55. The Kier molecular flexibility index (Phi) is 4.34. The molecule has 1 atom stereocenters. The van der Waals surface area contributed by atoms with Gasteiger partial charge in [-0.15, -0.1) is 0 Å². The molecule has 1 aromatic rings. The van der Waals surface area contributed by atoms with Crippen LogP contribution in [0.2, 0.25) is 0 Å². The van der Waals surface area contributed by atoms with Crippen LogP contribution in [-0.2, 0) is 0 Å². The van der Waals surface area contributed by atoms with Crippen molar-refractivity contribution in [3.05, 3.63) is 16.4 Å². The molecule has 94 valence electrons. The predicted molar refractivity (Wildman–Crippen MR) is 68.0 cm³/mol. The van der Waals surface area contributed by atoms with E-state index in [4.69, 9.17) is 4.52 Å². The molecule has 0 saturated carbocycles. The average Bonchev–Trinajstić information content (AvgIpc) is 2.76. The van der Waals surface area contributed by atoms with Gasteiger partial charge in [-0.3, -0.25) is 4.79 Å². The summed E-state index contributed by atoms with van der Waals surface area (Å²) in [5.74, 6) is 0.350. The molecule has 2 rings (SSSR count). The summed E-state index contributed by atoms with van der Waals surface area (Å²) in [5.41, 5.74) is 0. The summed E-state index contributed by atoms with van der Waals surface area (Å²) in [6, 6.07) is 1.63. The molecule has 0 aromatic carbocycles. The summed E-state index contributed by atoms with van der Waals surface area (Å²) in [5, 5.41) is 3.67. The number of hydrogen-bond acceptors (Lipinski definition) is 4. The number of carbonyl (C=O) groups excluding carboxylic acids is 1. The molecule has 1 aromatic heterocycles. The molecule has 0 aliphatic carbocycles. The lowest BCUT2D eigenvalue weighted by Crippen LogP contribution is -2.35. The number of likely N-dealkylation sites (tertiary alicyclic amines) is 1. The van der Waals surface area contributed by atoms with Gasteiger partial charge in [0.15, 0.2) is 0 Å². The highest BCUT2D eigenvalue weighted by Crippen LogP contribution is 2.17. The lowest BCUT2D eigenvalue weighted by Gasteiger charge is -2.28. The van der Waals surface area contributed by atoms with Gasteiger partial charge in [0.2, 0.25) is 11.5 Å². The minimum atomic E-state index is -0.0343. The number of hydrogen-bond donors (Lipinski definition) is 0. The fourth-order valence-corrected chi connectivity index (χ4v) is 2.51. The normalized spacial score (nSPS) is 19.2. The van der Waals surface area contributed by atoms with Crippen LogP contribution in [0.15, 0.2) is 15.2 Å². The van der Waals surface area contributed by atoms with E-state index in [1.807, 2.05) is 6.92 Å². The quantitative estimate of drug-likeness (QED) is 0.802. The van der Waals surface area contributed by atoms with Gasteiger partial charge in [0.1, 0.15) is 4.60 Å². The molecule has 1 unspecified atom stereocenters. The molecule has 2 heterocycles. The molecule has 0 N–H and O–H groups in total. The number of Topliss-reactive ketones (excluding diaryl/α,β-unsaturated/α-hetero) is 1. The van der Waals surface area contributed by atoms with Crippen LogP contribution in [0.25, 0.3) is 0 Å².